The molecule has 140 valence electrons. The lowest BCUT2D eigenvalue weighted by atomic mass is 10.2. The monoisotopic (exact) mass is 382 g/mol. The van der Waals surface area contributed by atoms with Gasteiger partial charge in [-0.15, -0.1) is 10.2 Å². The number of carbonyl (C=O) groups is 1. The number of hydrogen-bond acceptors (Lipinski definition) is 5. The molecule has 1 heterocycles. The predicted octanol–water partition coefficient (Wildman–Crippen LogP) is 3.69. The highest BCUT2D eigenvalue weighted by Gasteiger charge is 2.12. The third-order valence-electron chi connectivity index (χ3n) is 4.01. The normalized spacial score (nSPS) is 10.6. The second kappa shape index (κ2) is 9.23. The molecule has 1 aromatic heterocycles. The summed E-state index contributed by atoms with van der Waals surface area (Å²) in [7, 11) is 1.87. The lowest BCUT2D eigenvalue weighted by Gasteiger charge is -2.07. The van der Waals surface area contributed by atoms with Crippen LogP contribution in [0.5, 0.6) is 5.75 Å². The molecule has 0 aliphatic carbocycles. The number of nitrogens with zero attached hydrogens (tertiary/aromatic N) is 3. The number of carbonyl (C=O) groups excluding carboxylic acids is 1. The second-order valence-corrected chi connectivity index (χ2v) is 6.89. The van der Waals surface area contributed by atoms with Gasteiger partial charge in [-0.25, -0.2) is 0 Å². The Hall–Kier alpha value is -2.80. The maximum absolute atomic E-state index is 12.1. The third kappa shape index (κ3) is 5.34. The Morgan fingerprint density at radius 2 is 1.85 bits per heavy atom. The van der Waals surface area contributed by atoms with Crippen molar-refractivity contribution in [3.8, 4) is 5.75 Å². The van der Waals surface area contributed by atoms with Gasteiger partial charge in [0.25, 0.3) is 0 Å². The zero-order valence-corrected chi connectivity index (χ0v) is 16.2. The van der Waals surface area contributed by atoms with E-state index in [1.807, 2.05) is 54.1 Å². The minimum atomic E-state index is -0.0805. The van der Waals surface area contributed by atoms with Gasteiger partial charge in [0.1, 0.15) is 12.4 Å². The van der Waals surface area contributed by atoms with Gasteiger partial charge in [0, 0.05) is 12.7 Å². The van der Waals surface area contributed by atoms with Crippen LogP contribution in [-0.4, -0.2) is 26.4 Å². The molecule has 1 N–H and O–H groups in total. The smallest absolute Gasteiger partial charge is 0.234 e. The van der Waals surface area contributed by atoms with Crippen molar-refractivity contribution in [3.63, 3.8) is 0 Å². The first-order valence-electron chi connectivity index (χ1n) is 8.73. The summed E-state index contributed by atoms with van der Waals surface area (Å²) in [4.78, 5) is 12.1. The number of aryl methyl sites for hydroxylation is 1. The van der Waals surface area contributed by atoms with Gasteiger partial charge in [-0.1, -0.05) is 49.0 Å². The number of nitrogens with one attached hydrogen (secondary N) is 1. The molecular formula is C20H22N4O2S. The van der Waals surface area contributed by atoms with E-state index in [1.165, 1.54) is 17.3 Å². The molecule has 0 aliphatic heterocycles. The number of aromatic nitrogens is 3. The van der Waals surface area contributed by atoms with Crippen LogP contribution in [0.15, 0.2) is 59.8 Å². The van der Waals surface area contributed by atoms with E-state index in [2.05, 4.69) is 34.6 Å². The Morgan fingerprint density at radius 3 is 2.56 bits per heavy atom. The lowest BCUT2D eigenvalue weighted by molar-refractivity contribution is -0.113. The lowest BCUT2D eigenvalue weighted by Crippen LogP contribution is -2.14. The molecule has 27 heavy (non-hydrogen) atoms. The first-order chi connectivity index (χ1) is 13.2. The maximum atomic E-state index is 12.1. The minimum Gasteiger partial charge on any atom is -0.486 e. The van der Waals surface area contributed by atoms with Crippen molar-refractivity contribution in [2.75, 3.05) is 11.1 Å². The molecule has 0 atom stereocenters. The fourth-order valence-corrected chi connectivity index (χ4v) is 3.14. The van der Waals surface area contributed by atoms with Gasteiger partial charge >= 0.3 is 0 Å². The van der Waals surface area contributed by atoms with Crippen LogP contribution < -0.4 is 10.1 Å². The molecule has 0 fully saturated rings. The van der Waals surface area contributed by atoms with Gasteiger partial charge in [-0.3, -0.25) is 4.79 Å². The van der Waals surface area contributed by atoms with Crippen LogP contribution in [-0.2, 0) is 24.9 Å². The van der Waals surface area contributed by atoms with Crippen LogP contribution in [0.1, 0.15) is 18.3 Å². The number of para-hydroxylation sites is 1. The van der Waals surface area contributed by atoms with Gasteiger partial charge in [0.05, 0.1) is 5.75 Å². The van der Waals surface area contributed by atoms with Crippen LogP contribution in [0.4, 0.5) is 5.69 Å². The van der Waals surface area contributed by atoms with E-state index < -0.39 is 0 Å². The van der Waals surface area contributed by atoms with Crippen molar-refractivity contribution < 1.29 is 9.53 Å². The summed E-state index contributed by atoms with van der Waals surface area (Å²) in [6.07, 6.45) is 1.00. The van der Waals surface area contributed by atoms with E-state index in [9.17, 15) is 4.79 Å². The summed E-state index contributed by atoms with van der Waals surface area (Å²) < 4.78 is 7.63. The summed E-state index contributed by atoms with van der Waals surface area (Å²) in [5.74, 6) is 1.69. The van der Waals surface area contributed by atoms with E-state index >= 15 is 0 Å². The average Bonchev–Trinajstić information content (AvgIpc) is 3.05. The summed E-state index contributed by atoms with van der Waals surface area (Å²) in [5.41, 5.74) is 2.05. The van der Waals surface area contributed by atoms with Crippen molar-refractivity contribution in [2.24, 2.45) is 7.05 Å². The first kappa shape index (κ1) is 19.0. The fraction of sp³-hybridized carbons (Fsp3) is 0.250. The highest BCUT2D eigenvalue weighted by atomic mass is 32.2. The summed E-state index contributed by atoms with van der Waals surface area (Å²) in [5, 5.41) is 11.8. The maximum Gasteiger partial charge on any atom is 0.234 e. The second-order valence-electron chi connectivity index (χ2n) is 5.95. The van der Waals surface area contributed by atoms with Crippen molar-refractivity contribution in [3.05, 3.63) is 66.0 Å². The standard InChI is InChI=1S/C20H22N4O2S/c1-3-15-9-11-17(12-10-15)26-13-18-22-23-20(24(18)2)27-14-19(25)21-16-7-5-4-6-8-16/h4-12H,3,13-14H2,1-2H3,(H,21,25). The number of hydrogen-bond donors (Lipinski definition) is 1. The van der Waals surface area contributed by atoms with Crippen LogP contribution in [0, 0.1) is 0 Å². The fourth-order valence-electron chi connectivity index (χ4n) is 2.41. The van der Waals surface area contributed by atoms with Gasteiger partial charge in [0.2, 0.25) is 5.91 Å². The molecule has 0 unspecified atom stereocenters. The summed E-state index contributed by atoms with van der Waals surface area (Å²) >= 11 is 1.34. The molecule has 3 rings (SSSR count). The predicted molar refractivity (Wildman–Crippen MR) is 107 cm³/mol. The van der Waals surface area contributed by atoms with Crippen LogP contribution >= 0.6 is 11.8 Å². The van der Waals surface area contributed by atoms with E-state index in [0.29, 0.717) is 17.6 Å². The van der Waals surface area contributed by atoms with Crippen molar-refractivity contribution >= 4 is 23.4 Å². The molecule has 1 amide bonds. The van der Waals surface area contributed by atoms with E-state index in [4.69, 9.17) is 4.74 Å². The zero-order chi connectivity index (χ0) is 19.1. The molecule has 0 radical (unpaired) electrons. The van der Waals surface area contributed by atoms with E-state index in [0.717, 1.165) is 17.9 Å². The molecule has 0 bridgehead atoms. The Kier molecular flexibility index (Phi) is 6.49. The highest BCUT2D eigenvalue weighted by molar-refractivity contribution is 7.99. The Balaban J connectivity index is 1.51. The first-order valence-corrected chi connectivity index (χ1v) is 9.72. The van der Waals surface area contributed by atoms with Crippen molar-refractivity contribution in [2.45, 2.75) is 25.1 Å². The zero-order valence-electron chi connectivity index (χ0n) is 15.4. The topological polar surface area (TPSA) is 69.0 Å². The average molecular weight is 382 g/mol. The number of benzene rings is 2. The molecule has 6 nitrogen and oxygen atoms in total. The van der Waals surface area contributed by atoms with Gasteiger partial charge in [0.15, 0.2) is 11.0 Å². The molecular weight excluding hydrogens is 360 g/mol. The Bertz CT molecular complexity index is 879. The van der Waals surface area contributed by atoms with E-state index in [-0.39, 0.29) is 11.7 Å². The van der Waals surface area contributed by atoms with E-state index in [1.54, 1.807) is 0 Å². The van der Waals surface area contributed by atoms with Crippen LogP contribution in [0.2, 0.25) is 0 Å². The number of ether oxygens (including phenoxy) is 1. The highest BCUT2D eigenvalue weighted by Crippen LogP contribution is 2.18. The molecule has 7 heteroatoms. The summed E-state index contributed by atoms with van der Waals surface area (Å²) in [6, 6.07) is 17.4. The van der Waals surface area contributed by atoms with Crippen LogP contribution in [0.25, 0.3) is 0 Å². The van der Waals surface area contributed by atoms with Crippen LogP contribution in [0.3, 0.4) is 0 Å². The molecule has 0 spiro atoms. The van der Waals surface area contributed by atoms with Gasteiger partial charge < -0.3 is 14.6 Å². The van der Waals surface area contributed by atoms with Gasteiger partial charge in [-0.2, -0.15) is 0 Å². The SMILES string of the molecule is CCc1ccc(OCc2nnc(SCC(=O)Nc3ccccc3)n2C)cc1. The third-order valence-corrected chi connectivity index (χ3v) is 5.03. The quantitative estimate of drug-likeness (QED) is 0.602. The molecule has 0 saturated carbocycles. The molecule has 3 aromatic rings. The largest absolute Gasteiger partial charge is 0.486 e. The van der Waals surface area contributed by atoms with Crippen molar-refractivity contribution in [1.29, 1.82) is 0 Å². The Labute approximate surface area is 163 Å². The minimum absolute atomic E-state index is 0.0805. The Morgan fingerprint density at radius 1 is 1.11 bits per heavy atom. The number of rotatable bonds is 8. The molecule has 0 saturated heterocycles. The molecule has 0 aliphatic rings. The molecule has 2 aromatic carbocycles. The number of amides is 1. The number of thioether (sulfide) groups is 1. The van der Waals surface area contributed by atoms with Crippen molar-refractivity contribution in [1.82, 2.24) is 14.8 Å². The summed E-state index contributed by atoms with van der Waals surface area (Å²) in [6.45, 7) is 2.44. The number of anilines is 1. The van der Waals surface area contributed by atoms with Gasteiger partial charge in [-0.05, 0) is 36.2 Å².